The van der Waals surface area contributed by atoms with Crippen LogP contribution in [0.25, 0.3) is 0 Å². The lowest BCUT2D eigenvalue weighted by molar-refractivity contribution is -0.122. The number of aliphatic hydroxyl groups excluding tert-OH is 1. The van der Waals surface area contributed by atoms with Crippen molar-refractivity contribution in [1.29, 1.82) is 0 Å². The Morgan fingerprint density at radius 2 is 1.89 bits per heavy atom. The van der Waals surface area contributed by atoms with Crippen LogP contribution < -0.4 is 11.1 Å². The first-order valence-electron chi connectivity index (χ1n) is 7.86. The Hall–Kier alpha value is -0.610. The van der Waals surface area contributed by atoms with E-state index in [4.69, 9.17) is 5.73 Å². The third kappa shape index (κ3) is 5.11. The molecule has 2 rings (SSSR count). The van der Waals surface area contributed by atoms with Crippen LogP contribution >= 0.6 is 0 Å². The van der Waals surface area contributed by atoms with Gasteiger partial charge in [-0.25, -0.2) is 0 Å². The maximum absolute atomic E-state index is 11.9. The number of rotatable bonds is 4. The first-order chi connectivity index (χ1) is 9.13. The highest BCUT2D eigenvalue weighted by Crippen LogP contribution is 2.27. The molecule has 0 radical (unpaired) electrons. The average Bonchev–Trinajstić information content (AvgIpc) is 2.39. The number of aliphatic hydroxyl groups is 1. The monoisotopic (exact) mass is 268 g/mol. The van der Waals surface area contributed by atoms with E-state index in [1.165, 1.54) is 12.8 Å². The molecule has 0 aromatic heterocycles. The molecule has 0 heterocycles. The Labute approximate surface area is 116 Å². The molecule has 1 amide bonds. The minimum absolute atomic E-state index is 0.156. The van der Waals surface area contributed by atoms with Crippen LogP contribution in [0.5, 0.6) is 0 Å². The van der Waals surface area contributed by atoms with E-state index < -0.39 is 0 Å². The first kappa shape index (κ1) is 14.8. The van der Waals surface area contributed by atoms with Crippen LogP contribution in [-0.4, -0.2) is 29.2 Å². The molecule has 0 aromatic carbocycles. The summed E-state index contributed by atoms with van der Waals surface area (Å²) in [6.45, 7) is 0. The van der Waals surface area contributed by atoms with E-state index in [-0.39, 0.29) is 18.1 Å². The van der Waals surface area contributed by atoms with Gasteiger partial charge < -0.3 is 16.2 Å². The Bertz CT molecular complexity index is 288. The van der Waals surface area contributed by atoms with Gasteiger partial charge in [-0.1, -0.05) is 12.8 Å². The molecular formula is C15H28N2O2. The van der Waals surface area contributed by atoms with Gasteiger partial charge in [0, 0.05) is 18.5 Å². The molecule has 4 N–H and O–H groups in total. The van der Waals surface area contributed by atoms with Crippen LogP contribution in [0.15, 0.2) is 0 Å². The highest BCUT2D eigenvalue weighted by Gasteiger charge is 2.22. The summed E-state index contributed by atoms with van der Waals surface area (Å²) in [6.07, 6.45) is 9.62. The van der Waals surface area contributed by atoms with Crippen LogP contribution in [0.2, 0.25) is 0 Å². The molecule has 2 atom stereocenters. The van der Waals surface area contributed by atoms with Gasteiger partial charge in [-0.2, -0.15) is 0 Å². The SMILES string of the molecule is NC1CCCC(CCC(=O)NC2CCC(O)CC2)C1. The van der Waals surface area contributed by atoms with Gasteiger partial charge in [-0.3, -0.25) is 4.79 Å². The smallest absolute Gasteiger partial charge is 0.220 e. The van der Waals surface area contributed by atoms with Crippen LogP contribution in [0.4, 0.5) is 0 Å². The highest BCUT2D eigenvalue weighted by molar-refractivity contribution is 5.76. The van der Waals surface area contributed by atoms with Crippen molar-refractivity contribution in [3.8, 4) is 0 Å². The van der Waals surface area contributed by atoms with Crippen LogP contribution in [-0.2, 0) is 4.79 Å². The Kier molecular flexibility index (Phi) is 5.64. The predicted molar refractivity (Wildman–Crippen MR) is 75.6 cm³/mol. The molecule has 2 saturated carbocycles. The maximum atomic E-state index is 11.9. The molecule has 19 heavy (non-hydrogen) atoms. The second-order valence-corrected chi connectivity index (χ2v) is 6.40. The second-order valence-electron chi connectivity index (χ2n) is 6.40. The van der Waals surface area contributed by atoms with Crippen molar-refractivity contribution < 1.29 is 9.90 Å². The summed E-state index contributed by atoms with van der Waals surface area (Å²) >= 11 is 0. The third-order valence-electron chi connectivity index (χ3n) is 4.66. The molecule has 110 valence electrons. The van der Waals surface area contributed by atoms with Gasteiger partial charge in [0.1, 0.15) is 0 Å². The summed E-state index contributed by atoms with van der Waals surface area (Å²) < 4.78 is 0. The molecule has 0 aromatic rings. The lowest BCUT2D eigenvalue weighted by Crippen LogP contribution is -2.38. The number of carbonyl (C=O) groups is 1. The Morgan fingerprint density at radius 3 is 2.58 bits per heavy atom. The van der Waals surface area contributed by atoms with E-state index >= 15 is 0 Å². The molecule has 0 saturated heterocycles. The molecule has 4 heteroatoms. The van der Waals surface area contributed by atoms with Crippen molar-refractivity contribution in [2.24, 2.45) is 11.7 Å². The van der Waals surface area contributed by atoms with Crippen molar-refractivity contribution in [3.63, 3.8) is 0 Å². The van der Waals surface area contributed by atoms with Crippen molar-refractivity contribution in [2.75, 3.05) is 0 Å². The zero-order valence-corrected chi connectivity index (χ0v) is 11.8. The fourth-order valence-electron chi connectivity index (χ4n) is 3.45. The number of nitrogens with one attached hydrogen (secondary N) is 1. The van der Waals surface area contributed by atoms with Gasteiger partial charge in [0.2, 0.25) is 5.91 Å². The van der Waals surface area contributed by atoms with Gasteiger partial charge in [-0.05, 0) is 50.9 Å². The normalized spacial score (nSPS) is 35.9. The highest BCUT2D eigenvalue weighted by atomic mass is 16.3. The van der Waals surface area contributed by atoms with Crippen molar-refractivity contribution in [2.45, 2.75) is 82.4 Å². The number of hydrogen-bond acceptors (Lipinski definition) is 3. The standard InChI is InChI=1S/C15H28N2O2/c16-12-3-1-2-11(10-12)4-9-15(19)17-13-5-7-14(18)8-6-13/h11-14,18H,1-10,16H2,(H,17,19). The lowest BCUT2D eigenvalue weighted by atomic mass is 9.83. The molecule has 2 unspecified atom stereocenters. The summed E-state index contributed by atoms with van der Waals surface area (Å²) in [4.78, 5) is 11.9. The molecule has 0 aliphatic heterocycles. The first-order valence-corrected chi connectivity index (χ1v) is 7.86. The van der Waals surface area contributed by atoms with E-state index in [9.17, 15) is 9.90 Å². The second kappa shape index (κ2) is 7.25. The number of amides is 1. The largest absolute Gasteiger partial charge is 0.393 e. The van der Waals surface area contributed by atoms with Crippen LogP contribution in [0.3, 0.4) is 0 Å². The zero-order chi connectivity index (χ0) is 13.7. The predicted octanol–water partition coefficient (Wildman–Crippen LogP) is 1.70. The summed E-state index contributed by atoms with van der Waals surface area (Å²) in [5.74, 6) is 0.822. The molecule has 0 spiro atoms. The number of hydrogen-bond donors (Lipinski definition) is 3. The summed E-state index contributed by atoms with van der Waals surface area (Å²) in [7, 11) is 0. The van der Waals surface area contributed by atoms with E-state index in [0.717, 1.165) is 44.9 Å². The van der Waals surface area contributed by atoms with Crippen molar-refractivity contribution in [1.82, 2.24) is 5.32 Å². The molecule has 2 aliphatic carbocycles. The van der Waals surface area contributed by atoms with E-state index in [2.05, 4.69) is 5.32 Å². The Morgan fingerprint density at radius 1 is 1.16 bits per heavy atom. The average molecular weight is 268 g/mol. The Balaban J connectivity index is 1.61. The van der Waals surface area contributed by atoms with Gasteiger partial charge in [0.15, 0.2) is 0 Å². The van der Waals surface area contributed by atoms with Crippen LogP contribution in [0, 0.1) is 5.92 Å². The van der Waals surface area contributed by atoms with Gasteiger partial charge in [-0.15, -0.1) is 0 Å². The van der Waals surface area contributed by atoms with Gasteiger partial charge >= 0.3 is 0 Å². The van der Waals surface area contributed by atoms with E-state index in [0.29, 0.717) is 18.4 Å². The van der Waals surface area contributed by atoms with Gasteiger partial charge in [0.25, 0.3) is 0 Å². The number of carbonyl (C=O) groups excluding carboxylic acids is 1. The molecule has 4 nitrogen and oxygen atoms in total. The fraction of sp³-hybridized carbons (Fsp3) is 0.933. The van der Waals surface area contributed by atoms with E-state index in [1.54, 1.807) is 0 Å². The zero-order valence-electron chi connectivity index (χ0n) is 11.8. The quantitative estimate of drug-likeness (QED) is 0.726. The lowest BCUT2D eigenvalue weighted by Gasteiger charge is -2.28. The molecule has 2 fully saturated rings. The van der Waals surface area contributed by atoms with Gasteiger partial charge in [0.05, 0.1) is 6.10 Å². The van der Waals surface area contributed by atoms with E-state index in [1.807, 2.05) is 0 Å². The summed E-state index contributed by atoms with van der Waals surface area (Å²) in [5, 5.41) is 12.5. The maximum Gasteiger partial charge on any atom is 0.220 e. The fourth-order valence-corrected chi connectivity index (χ4v) is 3.45. The molecule has 2 aliphatic rings. The number of nitrogens with two attached hydrogens (primary N) is 1. The minimum atomic E-state index is -0.156. The summed E-state index contributed by atoms with van der Waals surface area (Å²) in [5.41, 5.74) is 5.97. The summed E-state index contributed by atoms with van der Waals surface area (Å²) in [6, 6.07) is 0.631. The third-order valence-corrected chi connectivity index (χ3v) is 4.66. The van der Waals surface area contributed by atoms with Crippen molar-refractivity contribution in [3.05, 3.63) is 0 Å². The minimum Gasteiger partial charge on any atom is -0.393 e. The topological polar surface area (TPSA) is 75.4 Å². The van der Waals surface area contributed by atoms with Crippen molar-refractivity contribution >= 4 is 5.91 Å². The molecular weight excluding hydrogens is 240 g/mol. The van der Waals surface area contributed by atoms with Crippen LogP contribution in [0.1, 0.15) is 64.2 Å². The molecule has 0 bridgehead atoms.